The SMILES string of the molecule is Cn1nnnc1S[C@@H]1NC(=O)[C@H]1NC(=O)C(C)(C)C. The summed E-state index contributed by atoms with van der Waals surface area (Å²) in [5.41, 5.74) is -0.530. The van der Waals surface area contributed by atoms with Gasteiger partial charge in [-0.15, -0.1) is 5.10 Å². The van der Waals surface area contributed by atoms with E-state index in [4.69, 9.17) is 0 Å². The van der Waals surface area contributed by atoms with Gasteiger partial charge in [0.1, 0.15) is 11.4 Å². The van der Waals surface area contributed by atoms with E-state index in [2.05, 4.69) is 26.2 Å². The lowest BCUT2D eigenvalue weighted by Crippen LogP contribution is -2.68. The number of amides is 2. The van der Waals surface area contributed by atoms with Crippen LogP contribution in [0.2, 0.25) is 0 Å². The molecule has 0 spiro atoms. The molecule has 8 nitrogen and oxygen atoms in total. The Morgan fingerprint density at radius 1 is 1.47 bits per heavy atom. The number of hydrogen-bond donors (Lipinski definition) is 2. The van der Waals surface area contributed by atoms with Crippen molar-refractivity contribution < 1.29 is 9.59 Å². The summed E-state index contributed by atoms with van der Waals surface area (Å²) in [5, 5.41) is 16.8. The van der Waals surface area contributed by atoms with Crippen LogP contribution in [0.1, 0.15) is 20.8 Å². The van der Waals surface area contributed by atoms with Gasteiger partial charge in [0.25, 0.3) is 0 Å². The molecule has 2 rings (SSSR count). The van der Waals surface area contributed by atoms with E-state index in [1.165, 1.54) is 16.4 Å². The number of carbonyl (C=O) groups is 2. The highest BCUT2D eigenvalue weighted by Gasteiger charge is 2.43. The number of tetrazole rings is 1. The lowest BCUT2D eigenvalue weighted by Gasteiger charge is -2.37. The summed E-state index contributed by atoms with van der Waals surface area (Å²) in [7, 11) is 1.71. The average Bonchev–Trinajstić information content (AvgIpc) is 2.70. The number of aromatic nitrogens is 4. The van der Waals surface area contributed by atoms with Crippen LogP contribution in [-0.2, 0) is 16.6 Å². The molecule has 0 saturated carbocycles. The topological polar surface area (TPSA) is 102 Å². The lowest BCUT2D eigenvalue weighted by atomic mass is 9.94. The van der Waals surface area contributed by atoms with Crippen molar-refractivity contribution in [3.8, 4) is 0 Å². The van der Waals surface area contributed by atoms with Crippen LogP contribution in [-0.4, -0.2) is 43.4 Å². The third-order valence-electron chi connectivity index (χ3n) is 2.65. The zero-order valence-electron chi connectivity index (χ0n) is 11.2. The molecule has 1 fully saturated rings. The van der Waals surface area contributed by atoms with Crippen LogP contribution in [0.3, 0.4) is 0 Å². The first-order valence-electron chi connectivity index (χ1n) is 5.79. The third-order valence-corrected chi connectivity index (χ3v) is 3.85. The van der Waals surface area contributed by atoms with Gasteiger partial charge in [0.2, 0.25) is 17.0 Å². The van der Waals surface area contributed by atoms with Gasteiger partial charge in [-0.05, 0) is 10.4 Å². The number of rotatable bonds is 3. The number of hydrogen-bond acceptors (Lipinski definition) is 6. The molecular weight excluding hydrogens is 268 g/mol. The molecule has 2 N–H and O–H groups in total. The first-order valence-corrected chi connectivity index (χ1v) is 6.67. The van der Waals surface area contributed by atoms with Gasteiger partial charge < -0.3 is 10.6 Å². The lowest BCUT2D eigenvalue weighted by molar-refractivity contribution is -0.137. The van der Waals surface area contributed by atoms with Gasteiger partial charge in [0, 0.05) is 12.5 Å². The minimum Gasteiger partial charge on any atom is -0.341 e. The molecule has 0 aliphatic carbocycles. The number of carbonyl (C=O) groups excluding carboxylic acids is 2. The molecule has 2 amide bonds. The van der Waals surface area contributed by atoms with Gasteiger partial charge in [-0.2, -0.15) is 0 Å². The zero-order valence-corrected chi connectivity index (χ0v) is 12.0. The number of β-lactam (4-membered cyclic amide) rings is 1. The Balaban J connectivity index is 1.99. The first-order chi connectivity index (χ1) is 8.79. The van der Waals surface area contributed by atoms with Crippen molar-refractivity contribution in [1.29, 1.82) is 0 Å². The third kappa shape index (κ3) is 2.86. The second kappa shape index (κ2) is 4.80. The Hall–Kier alpha value is -1.64. The van der Waals surface area contributed by atoms with Crippen LogP contribution in [0.5, 0.6) is 0 Å². The standard InChI is InChI=1S/C10H16N6O2S/c1-10(2,3)8(18)11-5-6(17)12-7(5)19-9-13-14-15-16(9)4/h5,7H,1-4H3,(H,11,18)(H,12,17)/t5-,7+/m1/s1. The van der Waals surface area contributed by atoms with E-state index in [-0.39, 0.29) is 17.2 Å². The smallest absolute Gasteiger partial charge is 0.246 e. The van der Waals surface area contributed by atoms with Crippen LogP contribution in [0.4, 0.5) is 0 Å². The largest absolute Gasteiger partial charge is 0.341 e. The fourth-order valence-corrected chi connectivity index (χ4v) is 2.39. The Morgan fingerprint density at radius 2 is 2.16 bits per heavy atom. The molecule has 2 heterocycles. The van der Waals surface area contributed by atoms with Gasteiger partial charge in [-0.3, -0.25) is 9.59 Å². The zero-order chi connectivity index (χ0) is 14.2. The highest BCUT2D eigenvalue weighted by atomic mass is 32.2. The van der Waals surface area contributed by atoms with Crippen LogP contribution in [0, 0.1) is 5.41 Å². The Morgan fingerprint density at radius 3 is 2.63 bits per heavy atom. The maximum atomic E-state index is 11.9. The predicted molar refractivity (Wildman–Crippen MR) is 68.0 cm³/mol. The number of nitrogens with zero attached hydrogens (tertiary/aromatic N) is 4. The first kappa shape index (κ1) is 13.8. The number of thioether (sulfide) groups is 1. The molecule has 1 saturated heterocycles. The number of nitrogens with one attached hydrogen (secondary N) is 2. The van der Waals surface area contributed by atoms with Crippen molar-refractivity contribution in [3.05, 3.63) is 0 Å². The summed E-state index contributed by atoms with van der Waals surface area (Å²) in [6, 6.07) is -0.548. The summed E-state index contributed by atoms with van der Waals surface area (Å²) >= 11 is 1.31. The molecule has 104 valence electrons. The average molecular weight is 284 g/mol. The van der Waals surface area contributed by atoms with Crippen LogP contribution < -0.4 is 10.6 Å². The second-order valence-electron chi connectivity index (χ2n) is 5.33. The second-order valence-corrected chi connectivity index (χ2v) is 6.44. The normalized spacial score (nSPS) is 22.6. The van der Waals surface area contributed by atoms with Crippen LogP contribution in [0.15, 0.2) is 5.16 Å². The Kier molecular flexibility index (Phi) is 3.48. The van der Waals surface area contributed by atoms with E-state index in [1.54, 1.807) is 27.8 Å². The van der Waals surface area contributed by atoms with E-state index >= 15 is 0 Å². The van der Waals surface area contributed by atoms with Gasteiger partial charge in [-0.25, -0.2) is 4.68 Å². The summed E-state index contributed by atoms with van der Waals surface area (Å²) in [5.74, 6) is -0.348. The maximum absolute atomic E-state index is 11.9. The molecule has 1 aliphatic heterocycles. The van der Waals surface area contributed by atoms with Crippen LogP contribution >= 0.6 is 11.8 Å². The minimum absolute atomic E-state index is 0.158. The highest BCUT2D eigenvalue weighted by Crippen LogP contribution is 2.26. The van der Waals surface area contributed by atoms with Gasteiger partial charge in [0.05, 0.1) is 0 Å². The summed E-state index contributed by atoms with van der Waals surface area (Å²) in [6.07, 6.45) is 0. The van der Waals surface area contributed by atoms with Gasteiger partial charge in [-0.1, -0.05) is 32.5 Å². The highest BCUT2D eigenvalue weighted by molar-refractivity contribution is 7.99. The Labute approximate surface area is 114 Å². The van der Waals surface area contributed by atoms with Crippen LogP contribution in [0.25, 0.3) is 0 Å². The van der Waals surface area contributed by atoms with Crippen molar-refractivity contribution in [2.24, 2.45) is 12.5 Å². The van der Waals surface area contributed by atoms with Crippen molar-refractivity contribution >= 4 is 23.6 Å². The molecule has 9 heteroatoms. The predicted octanol–water partition coefficient (Wildman–Crippen LogP) is -0.711. The molecule has 0 unspecified atom stereocenters. The fraction of sp³-hybridized carbons (Fsp3) is 0.700. The maximum Gasteiger partial charge on any atom is 0.246 e. The van der Waals surface area contributed by atoms with E-state index in [9.17, 15) is 9.59 Å². The van der Waals surface area contributed by atoms with Gasteiger partial charge in [0.15, 0.2) is 0 Å². The van der Waals surface area contributed by atoms with Crippen molar-refractivity contribution in [1.82, 2.24) is 30.8 Å². The minimum atomic E-state index is -0.548. The molecule has 0 radical (unpaired) electrons. The molecule has 0 bridgehead atoms. The molecule has 2 atom stereocenters. The van der Waals surface area contributed by atoms with E-state index < -0.39 is 11.5 Å². The fourth-order valence-electron chi connectivity index (χ4n) is 1.39. The quantitative estimate of drug-likeness (QED) is 0.711. The van der Waals surface area contributed by atoms with Crippen molar-refractivity contribution in [3.63, 3.8) is 0 Å². The Bertz CT molecular complexity index is 508. The van der Waals surface area contributed by atoms with Crippen molar-refractivity contribution in [2.45, 2.75) is 37.3 Å². The molecular formula is C10H16N6O2S. The van der Waals surface area contributed by atoms with E-state index in [0.717, 1.165) is 0 Å². The molecule has 0 aromatic carbocycles. The van der Waals surface area contributed by atoms with Gasteiger partial charge >= 0.3 is 0 Å². The molecule has 19 heavy (non-hydrogen) atoms. The van der Waals surface area contributed by atoms with Crippen molar-refractivity contribution in [2.75, 3.05) is 0 Å². The summed E-state index contributed by atoms with van der Waals surface area (Å²) in [4.78, 5) is 23.4. The molecule has 1 aromatic heterocycles. The number of aryl methyl sites for hydroxylation is 1. The summed E-state index contributed by atoms with van der Waals surface area (Å²) < 4.78 is 1.51. The molecule has 1 aliphatic rings. The van der Waals surface area contributed by atoms with E-state index in [1.807, 2.05) is 0 Å². The summed E-state index contributed by atoms with van der Waals surface area (Å²) in [6.45, 7) is 5.40. The van der Waals surface area contributed by atoms with E-state index in [0.29, 0.717) is 5.16 Å². The monoisotopic (exact) mass is 284 g/mol. The molecule has 1 aromatic rings.